The molecule has 0 radical (unpaired) electrons. The van der Waals surface area contributed by atoms with Crippen LogP contribution in [0.5, 0.6) is 0 Å². The van der Waals surface area contributed by atoms with Gasteiger partial charge in [-0.15, -0.1) is 0 Å². The molecule has 2 aromatic heterocycles. The monoisotopic (exact) mass is 472 g/mol. The number of hydrogen-bond acceptors (Lipinski definition) is 6. The molecular weight excluding hydrogens is 440 g/mol. The largest absolute Gasteiger partial charge is 0.481 e. The summed E-state index contributed by atoms with van der Waals surface area (Å²) in [6.07, 6.45) is 5.87. The zero-order chi connectivity index (χ0) is 25.5. The molecule has 2 aromatic rings. The van der Waals surface area contributed by atoms with Gasteiger partial charge < -0.3 is 19.0 Å². The van der Waals surface area contributed by atoms with Gasteiger partial charge in [0.25, 0.3) is 0 Å². The SMILES string of the molecule is CC(C)(CCCc1cc(=O)cc(/C=C/c2cc(=O)cc(CCCC(C)(C)C(=O)O)o2)o1)C(=O)O. The average Bonchev–Trinajstić information content (AvgIpc) is 2.71. The van der Waals surface area contributed by atoms with Crippen LogP contribution >= 0.6 is 0 Å². The lowest BCUT2D eigenvalue weighted by molar-refractivity contribution is -0.148. The van der Waals surface area contributed by atoms with Gasteiger partial charge in [0, 0.05) is 37.1 Å². The van der Waals surface area contributed by atoms with Gasteiger partial charge in [0.2, 0.25) is 0 Å². The molecule has 2 rings (SSSR count). The Morgan fingerprint density at radius 3 is 1.41 bits per heavy atom. The summed E-state index contributed by atoms with van der Waals surface area (Å²) in [5.41, 5.74) is -2.20. The topological polar surface area (TPSA) is 135 Å². The Morgan fingerprint density at radius 1 is 0.735 bits per heavy atom. The Labute approximate surface area is 197 Å². The van der Waals surface area contributed by atoms with Crippen LogP contribution in [0, 0.1) is 10.8 Å². The molecule has 0 aromatic carbocycles. The number of carboxylic acid groups (broad SMARTS) is 2. The Balaban J connectivity index is 2.08. The van der Waals surface area contributed by atoms with Gasteiger partial charge in [0.15, 0.2) is 10.9 Å². The average molecular weight is 473 g/mol. The van der Waals surface area contributed by atoms with Crippen LogP contribution in [0.4, 0.5) is 0 Å². The molecule has 0 bridgehead atoms. The minimum atomic E-state index is -0.875. The van der Waals surface area contributed by atoms with E-state index < -0.39 is 22.8 Å². The number of rotatable bonds is 12. The standard InChI is InChI=1S/C26H32O8/c1-25(2,23(29)30)11-5-7-19-13-17(27)15-21(33-19)9-10-22-16-18(28)14-20(34-22)8-6-12-26(3,4)24(31)32/h9-10,13-16H,5-8,11-12H2,1-4H3,(H,29,30)(H,31,32)/b10-9+. The molecule has 0 amide bonds. The Hall–Kier alpha value is -3.42. The number of aryl methyl sites for hydroxylation is 2. The number of aliphatic carboxylic acids is 2. The molecule has 184 valence electrons. The molecule has 0 saturated heterocycles. The first kappa shape index (κ1) is 26.8. The summed E-state index contributed by atoms with van der Waals surface area (Å²) < 4.78 is 11.5. The van der Waals surface area contributed by atoms with Crippen molar-refractivity contribution in [2.24, 2.45) is 10.8 Å². The third-order valence-corrected chi connectivity index (χ3v) is 5.69. The summed E-state index contributed by atoms with van der Waals surface area (Å²) in [6, 6.07) is 5.39. The molecule has 0 spiro atoms. The van der Waals surface area contributed by atoms with E-state index in [2.05, 4.69) is 0 Å². The molecule has 0 saturated carbocycles. The molecule has 0 unspecified atom stereocenters. The molecule has 0 aliphatic heterocycles. The van der Waals surface area contributed by atoms with Crippen molar-refractivity contribution < 1.29 is 28.6 Å². The van der Waals surface area contributed by atoms with E-state index in [1.54, 1.807) is 27.7 Å². The Bertz CT molecular complexity index is 1070. The van der Waals surface area contributed by atoms with E-state index in [4.69, 9.17) is 8.83 Å². The fraction of sp³-hybridized carbons (Fsp3) is 0.462. The number of carboxylic acids is 2. The summed E-state index contributed by atoms with van der Waals surface area (Å²) in [5, 5.41) is 18.4. The highest BCUT2D eigenvalue weighted by atomic mass is 16.4. The highest BCUT2D eigenvalue weighted by molar-refractivity contribution is 5.73. The highest BCUT2D eigenvalue weighted by Crippen LogP contribution is 2.25. The molecule has 0 fully saturated rings. The van der Waals surface area contributed by atoms with Crippen molar-refractivity contribution in [2.75, 3.05) is 0 Å². The molecule has 8 heteroatoms. The van der Waals surface area contributed by atoms with Crippen molar-refractivity contribution in [3.05, 3.63) is 67.8 Å². The van der Waals surface area contributed by atoms with Crippen molar-refractivity contribution in [2.45, 2.75) is 66.2 Å². The lowest BCUT2D eigenvalue weighted by Crippen LogP contribution is -2.23. The van der Waals surface area contributed by atoms with Crippen LogP contribution in [0.2, 0.25) is 0 Å². The van der Waals surface area contributed by atoms with Gasteiger partial charge in [-0.05, 0) is 65.5 Å². The molecule has 0 aliphatic carbocycles. The second-order valence-electron chi connectivity index (χ2n) is 9.74. The maximum atomic E-state index is 12.0. The van der Waals surface area contributed by atoms with Crippen LogP contribution < -0.4 is 10.9 Å². The predicted molar refractivity (Wildman–Crippen MR) is 128 cm³/mol. The molecule has 0 atom stereocenters. The van der Waals surface area contributed by atoms with Crippen molar-refractivity contribution in [1.82, 2.24) is 0 Å². The lowest BCUT2D eigenvalue weighted by Gasteiger charge is -2.18. The molecule has 34 heavy (non-hydrogen) atoms. The lowest BCUT2D eigenvalue weighted by atomic mass is 9.87. The van der Waals surface area contributed by atoms with Crippen LogP contribution in [0.25, 0.3) is 12.2 Å². The molecule has 8 nitrogen and oxygen atoms in total. The van der Waals surface area contributed by atoms with Crippen molar-refractivity contribution in [3.8, 4) is 0 Å². The quantitative estimate of drug-likeness (QED) is 0.456. The highest BCUT2D eigenvalue weighted by Gasteiger charge is 2.27. The van der Waals surface area contributed by atoms with Crippen molar-refractivity contribution in [1.29, 1.82) is 0 Å². The third-order valence-electron chi connectivity index (χ3n) is 5.69. The Kier molecular flexibility index (Phi) is 8.79. The summed E-state index contributed by atoms with van der Waals surface area (Å²) in [4.78, 5) is 46.5. The molecule has 0 aliphatic rings. The fourth-order valence-electron chi connectivity index (χ4n) is 3.30. The smallest absolute Gasteiger partial charge is 0.309 e. The number of hydrogen-bond donors (Lipinski definition) is 2. The van der Waals surface area contributed by atoms with Crippen LogP contribution in [-0.4, -0.2) is 22.2 Å². The van der Waals surface area contributed by atoms with E-state index in [1.165, 1.54) is 36.4 Å². The summed E-state index contributed by atoms with van der Waals surface area (Å²) >= 11 is 0. The molecule has 2 N–H and O–H groups in total. The molecular formula is C26H32O8. The third kappa shape index (κ3) is 8.17. The van der Waals surface area contributed by atoms with E-state index in [9.17, 15) is 29.4 Å². The first-order valence-electron chi connectivity index (χ1n) is 11.2. The maximum Gasteiger partial charge on any atom is 0.309 e. The van der Waals surface area contributed by atoms with Crippen LogP contribution in [0.3, 0.4) is 0 Å². The van der Waals surface area contributed by atoms with Crippen LogP contribution in [-0.2, 0) is 22.4 Å². The normalized spacial score (nSPS) is 12.2. The van der Waals surface area contributed by atoms with E-state index in [1.807, 2.05) is 0 Å². The molecule has 2 heterocycles. The second kappa shape index (κ2) is 11.1. The van der Waals surface area contributed by atoms with E-state index in [0.717, 1.165) is 0 Å². The van der Waals surface area contributed by atoms with Crippen molar-refractivity contribution in [3.63, 3.8) is 0 Å². The Morgan fingerprint density at radius 2 is 1.09 bits per heavy atom. The van der Waals surface area contributed by atoms with Gasteiger partial charge in [-0.1, -0.05) is 0 Å². The summed E-state index contributed by atoms with van der Waals surface area (Å²) in [7, 11) is 0. The van der Waals surface area contributed by atoms with Crippen molar-refractivity contribution >= 4 is 24.1 Å². The van der Waals surface area contributed by atoms with Gasteiger partial charge in [-0.2, -0.15) is 0 Å². The van der Waals surface area contributed by atoms with E-state index >= 15 is 0 Å². The zero-order valence-corrected chi connectivity index (χ0v) is 20.1. The van der Waals surface area contributed by atoms with Gasteiger partial charge in [-0.25, -0.2) is 0 Å². The van der Waals surface area contributed by atoms with Gasteiger partial charge in [-0.3, -0.25) is 19.2 Å². The van der Waals surface area contributed by atoms with Gasteiger partial charge >= 0.3 is 11.9 Å². The first-order chi connectivity index (χ1) is 15.8. The minimum absolute atomic E-state index is 0.241. The predicted octanol–water partition coefficient (Wildman–Crippen LogP) is 4.63. The fourth-order valence-corrected chi connectivity index (χ4v) is 3.30. The maximum absolute atomic E-state index is 12.0. The zero-order valence-electron chi connectivity index (χ0n) is 20.1. The summed E-state index contributed by atoms with van der Waals surface area (Å²) in [5.74, 6) is -0.276. The minimum Gasteiger partial charge on any atom is -0.481 e. The summed E-state index contributed by atoms with van der Waals surface area (Å²) in [6.45, 7) is 6.61. The van der Waals surface area contributed by atoms with Crippen LogP contribution in [0.15, 0.2) is 42.7 Å². The van der Waals surface area contributed by atoms with Crippen LogP contribution in [0.1, 0.15) is 76.4 Å². The van der Waals surface area contributed by atoms with Gasteiger partial charge in [0.1, 0.15) is 23.0 Å². The second-order valence-corrected chi connectivity index (χ2v) is 9.74. The first-order valence-corrected chi connectivity index (χ1v) is 11.2. The van der Waals surface area contributed by atoms with E-state index in [0.29, 0.717) is 50.0 Å². The van der Waals surface area contributed by atoms with E-state index in [-0.39, 0.29) is 22.4 Å². The van der Waals surface area contributed by atoms with Gasteiger partial charge in [0.05, 0.1) is 10.8 Å². The number of carbonyl (C=O) groups is 2.